The lowest BCUT2D eigenvalue weighted by Crippen LogP contribution is -2.28. The van der Waals surface area contributed by atoms with Gasteiger partial charge < -0.3 is 19.9 Å². The van der Waals surface area contributed by atoms with Crippen LogP contribution >= 0.6 is 15.9 Å². The van der Waals surface area contributed by atoms with Crippen LogP contribution in [0.25, 0.3) is 0 Å². The van der Waals surface area contributed by atoms with E-state index in [0.29, 0.717) is 21.5 Å². The van der Waals surface area contributed by atoms with Crippen molar-refractivity contribution in [3.63, 3.8) is 0 Å². The molecule has 0 spiro atoms. The van der Waals surface area contributed by atoms with Gasteiger partial charge in [-0.2, -0.15) is 0 Å². The predicted molar refractivity (Wildman–Crippen MR) is 76.1 cm³/mol. The van der Waals surface area contributed by atoms with Crippen LogP contribution in [0.1, 0.15) is 24.9 Å². The summed E-state index contributed by atoms with van der Waals surface area (Å²) in [7, 11) is 2.99. The molecule has 110 valence electrons. The van der Waals surface area contributed by atoms with Crippen molar-refractivity contribution in [2.45, 2.75) is 19.4 Å². The Bertz CT molecular complexity index is 502. The summed E-state index contributed by atoms with van der Waals surface area (Å²) in [4.78, 5) is 22.2. The molecule has 0 aromatic heterocycles. The molecule has 1 aromatic rings. The second kappa shape index (κ2) is 7.14. The molecule has 1 aromatic carbocycles. The minimum absolute atomic E-state index is 0.229. The molecular formula is C13H16BrNO5. The van der Waals surface area contributed by atoms with Gasteiger partial charge in [-0.25, -0.2) is 0 Å². The lowest BCUT2D eigenvalue weighted by Gasteiger charge is -2.20. The van der Waals surface area contributed by atoms with E-state index in [-0.39, 0.29) is 12.3 Å². The van der Waals surface area contributed by atoms with Crippen LogP contribution in [0.5, 0.6) is 11.5 Å². The number of halogens is 1. The molecule has 0 aliphatic heterocycles. The fourth-order valence-electron chi connectivity index (χ4n) is 1.80. The Labute approximate surface area is 125 Å². The Morgan fingerprint density at radius 2 is 1.85 bits per heavy atom. The zero-order valence-corrected chi connectivity index (χ0v) is 13.0. The number of rotatable bonds is 6. The molecule has 2 N–H and O–H groups in total. The van der Waals surface area contributed by atoms with Gasteiger partial charge in [0.25, 0.3) is 0 Å². The third-order valence-corrected chi connectivity index (χ3v) is 3.32. The van der Waals surface area contributed by atoms with Gasteiger partial charge in [-0.15, -0.1) is 0 Å². The molecule has 0 radical (unpaired) electrons. The molecule has 6 nitrogen and oxygen atoms in total. The van der Waals surface area contributed by atoms with Gasteiger partial charge in [-0.1, -0.05) is 15.9 Å². The van der Waals surface area contributed by atoms with Crippen molar-refractivity contribution >= 4 is 27.8 Å². The van der Waals surface area contributed by atoms with Crippen molar-refractivity contribution in [2.75, 3.05) is 14.2 Å². The predicted octanol–water partition coefficient (Wildman–Crippen LogP) is 2.12. The normalized spacial score (nSPS) is 11.6. The van der Waals surface area contributed by atoms with Crippen LogP contribution in [0.3, 0.4) is 0 Å². The maximum atomic E-state index is 11.2. The number of ether oxygens (including phenoxy) is 2. The van der Waals surface area contributed by atoms with Crippen molar-refractivity contribution in [1.29, 1.82) is 0 Å². The number of nitrogens with one attached hydrogen (secondary N) is 1. The first-order valence-electron chi connectivity index (χ1n) is 5.79. The van der Waals surface area contributed by atoms with Crippen LogP contribution in [0.15, 0.2) is 16.6 Å². The van der Waals surface area contributed by atoms with Crippen molar-refractivity contribution < 1.29 is 24.2 Å². The number of hydrogen-bond acceptors (Lipinski definition) is 4. The molecule has 0 aliphatic carbocycles. The first kappa shape index (κ1) is 16.3. The molecule has 1 amide bonds. The molecule has 0 saturated carbocycles. The summed E-state index contributed by atoms with van der Waals surface area (Å²) < 4.78 is 11.0. The van der Waals surface area contributed by atoms with Gasteiger partial charge in [0, 0.05) is 11.4 Å². The molecule has 1 atom stereocenters. The Morgan fingerprint density at radius 1 is 1.30 bits per heavy atom. The van der Waals surface area contributed by atoms with Crippen molar-refractivity contribution in [2.24, 2.45) is 0 Å². The first-order valence-corrected chi connectivity index (χ1v) is 6.58. The fraction of sp³-hybridized carbons (Fsp3) is 0.385. The van der Waals surface area contributed by atoms with Crippen molar-refractivity contribution in [1.82, 2.24) is 5.32 Å². The van der Waals surface area contributed by atoms with E-state index >= 15 is 0 Å². The summed E-state index contributed by atoms with van der Waals surface area (Å²) in [5, 5.41) is 11.6. The number of carbonyl (C=O) groups excluding carboxylic acids is 1. The number of methoxy groups -OCH3 is 2. The summed E-state index contributed by atoms with van der Waals surface area (Å²) in [6.07, 6.45) is -0.229. The molecular weight excluding hydrogens is 330 g/mol. The second-order valence-corrected chi connectivity index (χ2v) is 4.93. The monoisotopic (exact) mass is 345 g/mol. The van der Waals surface area contributed by atoms with Crippen LogP contribution in [0, 0.1) is 0 Å². The maximum absolute atomic E-state index is 11.2. The highest BCUT2D eigenvalue weighted by atomic mass is 79.9. The number of amides is 1. The van der Waals surface area contributed by atoms with E-state index in [1.54, 1.807) is 12.1 Å². The molecule has 20 heavy (non-hydrogen) atoms. The van der Waals surface area contributed by atoms with Gasteiger partial charge in [0.15, 0.2) is 11.5 Å². The van der Waals surface area contributed by atoms with Crippen LogP contribution in [0.4, 0.5) is 0 Å². The number of hydrogen-bond donors (Lipinski definition) is 2. The molecule has 0 fully saturated rings. The quantitative estimate of drug-likeness (QED) is 0.824. The third kappa shape index (κ3) is 4.12. The molecule has 7 heteroatoms. The Kier molecular flexibility index (Phi) is 5.82. The summed E-state index contributed by atoms with van der Waals surface area (Å²) in [5.74, 6) is -0.338. The second-order valence-electron chi connectivity index (χ2n) is 4.08. The largest absolute Gasteiger partial charge is 0.493 e. The van der Waals surface area contributed by atoms with E-state index in [0.717, 1.165) is 0 Å². The lowest BCUT2D eigenvalue weighted by atomic mass is 10.0. The van der Waals surface area contributed by atoms with E-state index < -0.39 is 12.0 Å². The van der Waals surface area contributed by atoms with Gasteiger partial charge in [-0.05, 0) is 17.7 Å². The molecule has 0 saturated heterocycles. The number of carbonyl (C=O) groups is 2. The van der Waals surface area contributed by atoms with E-state index in [2.05, 4.69) is 21.2 Å². The summed E-state index contributed by atoms with van der Waals surface area (Å²) in [5.41, 5.74) is 0.611. The topological polar surface area (TPSA) is 84.9 Å². The molecule has 0 heterocycles. The van der Waals surface area contributed by atoms with E-state index in [4.69, 9.17) is 14.6 Å². The molecule has 0 bridgehead atoms. The molecule has 1 rings (SSSR count). The number of benzene rings is 1. The van der Waals surface area contributed by atoms with Crippen LogP contribution in [-0.4, -0.2) is 31.2 Å². The highest BCUT2D eigenvalue weighted by Crippen LogP contribution is 2.36. The van der Waals surface area contributed by atoms with Crippen LogP contribution in [0.2, 0.25) is 0 Å². The van der Waals surface area contributed by atoms with Crippen LogP contribution in [-0.2, 0) is 9.59 Å². The molecule has 0 unspecified atom stereocenters. The first-order chi connectivity index (χ1) is 9.38. The van der Waals surface area contributed by atoms with E-state index in [1.807, 2.05) is 0 Å². The minimum atomic E-state index is -1.01. The standard InChI is InChI=1S/C13H16BrNO5/c1-7(16)15-10(6-13(17)18)8-4-11(19-2)12(20-3)5-9(8)14/h4-5,10H,6H2,1-3H3,(H,15,16)(H,17,18)/t10-/m0/s1. The zero-order chi connectivity index (χ0) is 15.3. The molecule has 0 aliphatic rings. The third-order valence-electron chi connectivity index (χ3n) is 2.63. The fourth-order valence-corrected chi connectivity index (χ4v) is 2.39. The van der Waals surface area contributed by atoms with E-state index in [9.17, 15) is 9.59 Å². The highest BCUT2D eigenvalue weighted by molar-refractivity contribution is 9.10. The summed E-state index contributed by atoms with van der Waals surface area (Å²) in [6, 6.07) is 2.66. The van der Waals surface area contributed by atoms with Crippen LogP contribution < -0.4 is 14.8 Å². The summed E-state index contributed by atoms with van der Waals surface area (Å²) >= 11 is 3.35. The smallest absolute Gasteiger partial charge is 0.305 e. The minimum Gasteiger partial charge on any atom is -0.493 e. The van der Waals surface area contributed by atoms with Gasteiger partial charge >= 0.3 is 5.97 Å². The van der Waals surface area contributed by atoms with Gasteiger partial charge in [0.1, 0.15) is 0 Å². The number of carboxylic acid groups (broad SMARTS) is 1. The SMILES string of the molecule is COc1cc(Br)c([C@H](CC(=O)O)NC(C)=O)cc1OC. The Balaban J connectivity index is 3.24. The van der Waals surface area contributed by atoms with Gasteiger partial charge in [-0.3, -0.25) is 9.59 Å². The zero-order valence-electron chi connectivity index (χ0n) is 11.4. The van der Waals surface area contributed by atoms with Gasteiger partial charge in [0.2, 0.25) is 5.91 Å². The summed E-state index contributed by atoms with van der Waals surface area (Å²) in [6.45, 7) is 1.34. The lowest BCUT2D eigenvalue weighted by molar-refractivity contribution is -0.137. The van der Waals surface area contributed by atoms with Crippen molar-refractivity contribution in [3.8, 4) is 11.5 Å². The van der Waals surface area contributed by atoms with Gasteiger partial charge in [0.05, 0.1) is 26.7 Å². The number of aliphatic carboxylic acids is 1. The average Bonchev–Trinajstić information content (AvgIpc) is 2.36. The Morgan fingerprint density at radius 3 is 2.30 bits per heavy atom. The number of carboxylic acids is 1. The van der Waals surface area contributed by atoms with E-state index in [1.165, 1.54) is 21.1 Å². The van der Waals surface area contributed by atoms with Crippen molar-refractivity contribution in [3.05, 3.63) is 22.2 Å². The highest BCUT2D eigenvalue weighted by Gasteiger charge is 2.21. The maximum Gasteiger partial charge on any atom is 0.305 e. The Hall–Kier alpha value is -1.76. The average molecular weight is 346 g/mol.